The van der Waals surface area contributed by atoms with E-state index in [1.165, 1.54) is 6.33 Å². The van der Waals surface area contributed by atoms with E-state index in [0.29, 0.717) is 17.0 Å². The second kappa shape index (κ2) is 7.33. The summed E-state index contributed by atoms with van der Waals surface area (Å²) in [5, 5.41) is 15.5. The highest BCUT2D eigenvalue weighted by Crippen LogP contribution is 2.23. The average Bonchev–Trinajstić information content (AvgIpc) is 3.27. The fraction of sp³-hybridized carbons (Fsp3) is 0.143. The zero-order chi connectivity index (χ0) is 19.6. The van der Waals surface area contributed by atoms with Crippen LogP contribution in [0.4, 0.5) is 11.5 Å². The van der Waals surface area contributed by atoms with Gasteiger partial charge in [0, 0.05) is 17.1 Å². The van der Waals surface area contributed by atoms with Gasteiger partial charge in [-0.25, -0.2) is 15.0 Å². The summed E-state index contributed by atoms with van der Waals surface area (Å²) in [6.45, 7) is -0.132. The Kier molecular flexibility index (Phi) is 4.38. The van der Waals surface area contributed by atoms with Crippen LogP contribution in [-0.4, -0.2) is 43.9 Å². The zero-order valence-electron chi connectivity index (χ0n) is 15.5. The van der Waals surface area contributed by atoms with E-state index < -0.39 is 6.04 Å². The molecule has 0 radical (unpaired) electrons. The first kappa shape index (κ1) is 17.3. The normalized spacial score (nSPS) is 16.6. The van der Waals surface area contributed by atoms with Crippen LogP contribution in [0.3, 0.4) is 0 Å². The van der Waals surface area contributed by atoms with Crippen molar-refractivity contribution in [1.29, 1.82) is 0 Å². The molecule has 0 amide bonds. The maximum atomic E-state index is 10.2. The van der Waals surface area contributed by atoms with E-state index in [1.807, 2.05) is 54.6 Å². The minimum Gasteiger partial charge on any atom is -0.394 e. The van der Waals surface area contributed by atoms with Crippen molar-refractivity contribution in [2.24, 2.45) is 4.99 Å². The molecule has 8 heteroatoms. The molecule has 3 heterocycles. The van der Waals surface area contributed by atoms with Gasteiger partial charge in [0.15, 0.2) is 11.5 Å². The second-order valence-electron chi connectivity index (χ2n) is 6.73. The van der Waals surface area contributed by atoms with E-state index in [-0.39, 0.29) is 12.8 Å². The van der Waals surface area contributed by atoms with E-state index in [2.05, 4.69) is 36.4 Å². The highest BCUT2D eigenvalue weighted by atomic mass is 16.3. The Morgan fingerprint density at radius 3 is 2.72 bits per heavy atom. The lowest BCUT2D eigenvalue weighted by atomic mass is 10.1. The van der Waals surface area contributed by atoms with Crippen molar-refractivity contribution in [3.05, 3.63) is 77.8 Å². The van der Waals surface area contributed by atoms with Gasteiger partial charge < -0.3 is 20.3 Å². The second-order valence-corrected chi connectivity index (χ2v) is 6.73. The van der Waals surface area contributed by atoms with Gasteiger partial charge in [-0.15, -0.1) is 0 Å². The number of benzene rings is 2. The van der Waals surface area contributed by atoms with Gasteiger partial charge in [0.2, 0.25) is 0 Å². The predicted molar refractivity (Wildman–Crippen MR) is 111 cm³/mol. The number of rotatable bonds is 5. The van der Waals surface area contributed by atoms with Crippen molar-refractivity contribution in [3.63, 3.8) is 0 Å². The molecule has 2 atom stereocenters. The third kappa shape index (κ3) is 3.19. The molecule has 3 N–H and O–H groups in total. The minimum absolute atomic E-state index is 0.132. The molecule has 1 aliphatic rings. The van der Waals surface area contributed by atoms with E-state index in [9.17, 15) is 5.11 Å². The summed E-state index contributed by atoms with van der Waals surface area (Å²) in [7, 11) is 0. The number of aromatic amines is 1. The van der Waals surface area contributed by atoms with Crippen LogP contribution in [0, 0.1) is 0 Å². The van der Waals surface area contributed by atoms with Crippen LogP contribution >= 0.6 is 0 Å². The van der Waals surface area contributed by atoms with Crippen LogP contribution in [0.5, 0.6) is 0 Å². The Morgan fingerprint density at radius 1 is 1.03 bits per heavy atom. The van der Waals surface area contributed by atoms with Crippen LogP contribution in [0.2, 0.25) is 0 Å². The number of nitrogens with one attached hydrogen (secondary N) is 2. The van der Waals surface area contributed by atoms with Gasteiger partial charge in [0.1, 0.15) is 18.0 Å². The van der Waals surface area contributed by atoms with Crippen molar-refractivity contribution in [3.8, 4) is 0 Å². The summed E-state index contributed by atoms with van der Waals surface area (Å²) in [6, 6.07) is 17.6. The molecule has 4 aromatic rings. The summed E-state index contributed by atoms with van der Waals surface area (Å²) < 4.78 is 0. The Labute approximate surface area is 166 Å². The molecule has 0 fully saturated rings. The SMILES string of the molecule is OCC(Nc1ncnc2nc[nH]c12)C1N=c2ccccc2=CN1c1ccccc1. The van der Waals surface area contributed by atoms with Crippen molar-refractivity contribution in [2.45, 2.75) is 12.2 Å². The molecule has 5 rings (SSSR count). The Bertz CT molecular complexity index is 1250. The molecule has 0 aliphatic carbocycles. The standard InChI is InChI=1S/C21H19N7O/c29-11-17(26-20-18-19(23-12-22-18)24-13-25-20)21-27-16-9-5-4-6-14(16)10-28(21)15-7-2-1-3-8-15/h1-10,12-13,17,21,29H,11H2,(H2,22,23,24,25,26). The van der Waals surface area contributed by atoms with Gasteiger partial charge in [-0.05, 0) is 18.2 Å². The Hall–Kier alpha value is -3.78. The molecule has 29 heavy (non-hydrogen) atoms. The van der Waals surface area contributed by atoms with Crippen molar-refractivity contribution < 1.29 is 5.11 Å². The molecular formula is C21H19N7O. The first-order valence-electron chi connectivity index (χ1n) is 9.33. The number of hydrogen-bond donors (Lipinski definition) is 3. The number of aromatic nitrogens is 4. The number of imidazole rings is 1. The summed E-state index contributed by atoms with van der Waals surface area (Å²) in [6.07, 6.45) is 4.72. The number of anilines is 2. The highest BCUT2D eigenvalue weighted by molar-refractivity contribution is 5.82. The smallest absolute Gasteiger partial charge is 0.182 e. The number of aliphatic hydroxyl groups excluding tert-OH is 1. The average molecular weight is 385 g/mol. The third-order valence-electron chi connectivity index (χ3n) is 4.93. The number of aliphatic hydroxyl groups is 1. The van der Waals surface area contributed by atoms with Gasteiger partial charge >= 0.3 is 0 Å². The van der Waals surface area contributed by atoms with Gasteiger partial charge in [-0.1, -0.05) is 36.4 Å². The number of nitrogens with zero attached hydrogens (tertiary/aromatic N) is 5. The maximum Gasteiger partial charge on any atom is 0.182 e. The molecule has 2 unspecified atom stereocenters. The summed E-state index contributed by atoms with van der Waals surface area (Å²) in [4.78, 5) is 22.7. The predicted octanol–water partition coefficient (Wildman–Crippen LogP) is 1.03. The van der Waals surface area contributed by atoms with Crippen LogP contribution in [0.15, 0.2) is 72.2 Å². The van der Waals surface area contributed by atoms with Crippen molar-refractivity contribution in [2.75, 3.05) is 16.8 Å². The number of fused-ring (bicyclic) bond motifs is 2. The summed E-state index contributed by atoms with van der Waals surface area (Å²) in [5.41, 5.74) is 2.25. The molecule has 1 aliphatic heterocycles. The zero-order valence-corrected chi connectivity index (χ0v) is 15.5. The van der Waals surface area contributed by atoms with Crippen LogP contribution in [0.1, 0.15) is 0 Å². The first-order valence-corrected chi connectivity index (χ1v) is 9.33. The fourth-order valence-corrected chi connectivity index (χ4v) is 3.52. The molecule has 2 aromatic carbocycles. The number of para-hydroxylation sites is 2. The largest absolute Gasteiger partial charge is 0.394 e. The van der Waals surface area contributed by atoms with E-state index >= 15 is 0 Å². The molecule has 0 spiro atoms. The van der Waals surface area contributed by atoms with Crippen LogP contribution in [0.25, 0.3) is 17.4 Å². The lowest BCUT2D eigenvalue weighted by Crippen LogP contribution is -2.51. The highest BCUT2D eigenvalue weighted by Gasteiger charge is 2.28. The molecular weight excluding hydrogens is 366 g/mol. The number of H-pyrrole nitrogens is 1. The summed E-state index contributed by atoms with van der Waals surface area (Å²) in [5.74, 6) is 0.577. The third-order valence-corrected chi connectivity index (χ3v) is 4.93. The lowest BCUT2D eigenvalue weighted by molar-refractivity contribution is 0.259. The van der Waals surface area contributed by atoms with E-state index in [1.54, 1.807) is 6.33 Å². The molecule has 144 valence electrons. The maximum absolute atomic E-state index is 10.2. The van der Waals surface area contributed by atoms with Crippen molar-refractivity contribution in [1.82, 2.24) is 19.9 Å². The van der Waals surface area contributed by atoms with Crippen LogP contribution < -0.4 is 20.8 Å². The van der Waals surface area contributed by atoms with Gasteiger partial charge in [-0.2, -0.15) is 0 Å². The van der Waals surface area contributed by atoms with E-state index in [4.69, 9.17) is 4.99 Å². The fourth-order valence-electron chi connectivity index (χ4n) is 3.52. The Morgan fingerprint density at radius 2 is 1.86 bits per heavy atom. The van der Waals surface area contributed by atoms with E-state index in [0.717, 1.165) is 16.3 Å². The quantitative estimate of drug-likeness (QED) is 0.474. The molecule has 0 saturated carbocycles. The topological polar surface area (TPSA) is 102 Å². The van der Waals surface area contributed by atoms with Gasteiger partial charge in [-0.3, -0.25) is 4.99 Å². The lowest BCUT2D eigenvalue weighted by Gasteiger charge is -2.35. The molecule has 0 saturated heterocycles. The van der Waals surface area contributed by atoms with Gasteiger partial charge in [0.05, 0.1) is 24.3 Å². The Balaban J connectivity index is 1.58. The molecule has 8 nitrogen and oxygen atoms in total. The molecule has 2 aromatic heterocycles. The summed E-state index contributed by atoms with van der Waals surface area (Å²) >= 11 is 0. The van der Waals surface area contributed by atoms with Gasteiger partial charge in [0.25, 0.3) is 0 Å². The monoisotopic (exact) mass is 385 g/mol. The number of hydrogen-bond acceptors (Lipinski definition) is 7. The van der Waals surface area contributed by atoms with Crippen LogP contribution in [-0.2, 0) is 0 Å². The minimum atomic E-state index is -0.416. The van der Waals surface area contributed by atoms with Crippen molar-refractivity contribution >= 4 is 28.9 Å². The molecule has 0 bridgehead atoms. The first-order chi connectivity index (χ1) is 14.3.